The van der Waals surface area contributed by atoms with Gasteiger partial charge in [-0.05, 0) is 25.7 Å². The Morgan fingerprint density at radius 1 is 1.19 bits per heavy atom. The predicted molar refractivity (Wildman–Crippen MR) is 100 cm³/mol. The number of hydrogen-bond acceptors (Lipinski definition) is 4. The second kappa shape index (κ2) is 7.85. The first-order valence-corrected chi connectivity index (χ1v) is 8.76. The van der Waals surface area contributed by atoms with Crippen molar-refractivity contribution in [1.29, 1.82) is 0 Å². The van der Waals surface area contributed by atoms with Gasteiger partial charge in [-0.2, -0.15) is 0 Å². The molecule has 2 aromatic rings. The number of likely N-dealkylation sites (N-methyl/N-ethyl adjacent to an activating group) is 1. The third-order valence-electron chi connectivity index (χ3n) is 4.63. The Balaban J connectivity index is 1.97. The lowest BCUT2D eigenvalue weighted by atomic mass is 9.96. The monoisotopic (exact) mass is 355 g/mol. The van der Waals surface area contributed by atoms with E-state index in [1.54, 1.807) is 19.3 Å². The van der Waals surface area contributed by atoms with Crippen molar-refractivity contribution in [3.05, 3.63) is 70.1 Å². The van der Waals surface area contributed by atoms with E-state index in [2.05, 4.69) is 4.90 Å². The summed E-state index contributed by atoms with van der Waals surface area (Å²) in [7, 11) is 5.65. The Morgan fingerprint density at radius 3 is 2.58 bits per heavy atom. The highest BCUT2D eigenvalue weighted by molar-refractivity contribution is 5.94. The number of carbonyl (C=O) groups is 1. The van der Waals surface area contributed by atoms with E-state index in [1.807, 2.05) is 49.3 Å². The van der Waals surface area contributed by atoms with E-state index in [1.165, 1.54) is 10.6 Å². The van der Waals surface area contributed by atoms with Crippen LogP contribution in [0.1, 0.15) is 22.0 Å². The Labute approximate surface area is 153 Å². The molecular formula is C20H25N3O3. The van der Waals surface area contributed by atoms with Crippen molar-refractivity contribution in [2.24, 2.45) is 7.05 Å². The molecule has 0 N–H and O–H groups in total. The van der Waals surface area contributed by atoms with Gasteiger partial charge in [-0.1, -0.05) is 30.3 Å². The fourth-order valence-electron chi connectivity index (χ4n) is 3.40. The molecule has 138 valence electrons. The molecule has 2 atom stereocenters. The van der Waals surface area contributed by atoms with Gasteiger partial charge < -0.3 is 19.1 Å². The van der Waals surface area contributed by atoms with Crippen LogP contribution in [0, 0.1) is 0 Å². The van der Waals surface area contributed by atoms with E-state index in [0.29, 0.717) is 18.7 Å². The average molecular weight is 355 g/mol. The Bertz CT molecular complexity index is 817. The number of rotatable bonds is 4. The number of aryl methyl sites for hydroxylation is 1. The van der Waals surface area contributed by atoms with Crippen LogP contribution >= 0.6 is 0 Å². The quantitative estimate of drug-likeness (QED) is 0.835. The van der Waals surface area contributed by atoms with Gasteiger partial charge >= 0.3 is 0 Å². The maximum Gasteiger partial charge on any atom is 0.256 e. The van der Waals surface area contributed by atoms with E-state index in [-0.39, 0.29) is 23.6 Å². The zero-order valence-electron chi connectivity index (χ0n) is 15.5. The lowest BCUT2D eigenvalue weighted by Crippen LogP contribution is -2.51. The first-order chi connectivity index (χ1) is 12.5. The van der Waals surface area contributed by atoms with Gasteiger partial charge in [-0.3, -0.25) is 9.59 Å². The summed E-state index contributed by atoms with van der Waals surface area (Å²) in [6.45, 7) is 1.74. The van der Waals surface area contributed by atoms with Gasteiger partial charge in [0.2, 0.25) is 5.56 Å². The number of ether oxygens (including phenoxy) is 1. The van der Waals surface area contributed by atoms with E-state index in [9.17, 15) is 9.59 Å². The van der Waals surface area contributed by atoms with Gasteiger partial charge in [-0.25, -0.2) is 0 Å². The number of hydrogen-bond donors (Lipinski definition) is 0. The molecule has 0 spiro atoms. The molecule has 1 saturated heterocycles. The number of nitrogens with zero attached hydrogens (tertiary/aromatic N) is 3. The van der Waals surface area contributed by atoms with Crippen LogP contribution in [0.3, 0.4) is 0 Å². The zero-order chi connectivity index (χ0) is 18.7. The standard InChI is InChI=1S/C20H25N3O3/c1-21(2)14-17-19(15-7-5-4-6-8-15)23(11-12-26-17)20(25)16-9-10-18(24)22(3)13-16/h4-10,13,17,19H,11-12,14H2,1-3H3/t17-,19-/m0/s1. The van der Waals surface area contributed by atoms with Crippen LogP contribution in [0.2, 0.25) is 0 Å². The summed E-state index contributed by atoms with van der Waals surface area (Å²) in [4.78, 5) is 28.8. The largest absolute Gasteiger partial charge is 0.373 e. The molecular weight excluding hydrogens is 330 g/mol. The fourth-order valence-corrected chi connectivity index (χ4v) is 3.40. The van der Waals surface area contributed by atoms with Crippen molar-refractivity contribution in [3.8, 4) is 0 Å². The predicted octanol–water partition coefficient (Wildman–Crippen LogP) is 1.53. The van der Waals surface area contributed by atoms with Gasteiger partial charge in [0.25, 0.3) is 5.91 Å². The van der Waals surface area contributed by atoms with Crippen LogP contribution in [0.15, 0.2) is 53.5 Å². The maximum absolute atomic E-state index is 13.2. The Hall–Kier alpha value is -2.44. The first-order valence-electron chi connectivity index (χ1n) is 8.76. The van der Waals surface area contributed by atoms with Crippen molar-refractivity contribution in [2.75, 3.05) is 33.8 Å². The van der Waals surface area contributed by atoms with Crippen LogP contribution in [-0.2, 0) is 11.8 Å². The molecule has 0 unspecified atom stereocenters. The molecule has 0 saturated carbocycles. The summed E-state index contributed by atoms with van der Waals surface area (Å²) in [6, 6.07) is 12.8. The van der Waals surface area contributed by atoms with Crippen molar-refractivity contribution in [3.63, 3.8) is 0 Å². The van der Waals surface area contributed by atoms with Crippen LogP contribution in [0.4, 0.5) is 0 Å². The van der Waals surface area contributed by atoms with Gasteiger partial charge in [0.05, 0.1) is 24.3 Å². The van der Waals surface area contributed by atoms with Crippen LogP contribution in [-0.4, -0.2) is 60.2 Å². The van der Waals surface area contributed by atoms with Crippen molar-refractivity contribution in [1.82, 2.24) is 14.4 Å². The molecule has 1 amide bonds. The molecule has 6 heteroatoms. The summed E-state index contributed by atoms with van der Waals surface area (Å²) < 4.78 is 7.46. The first kappa shape index (κ1) is 18.4. The number of pyridine rings is 1. The van der Waals surface area contributed by atoms with E-state index in [4.69, 9.17) is 4.74 Å². The van der Waals surface area contributed by atoms with E-state index in [0.717, 1.165) is 12.1 Å². The van der Waals surface area contributed by atoms with Crippen molar-refractivity contribution in [2.45, 2.75) is 12.1 Å². The SMILES string of the molecule is CN(C)C[C@@H]1OCCN(C(=O)c2ccc(=O)n(C)c2)[C@H]1c1ccccc1. The molecule has 1 aromatic carbocycles. The minimum Gasteiger partial charge on any atom is -0.373 e. The third kappa shape index (κ3) is 3.86. The summed E-state index contributed by atoms with van der Waals surface area (Å²) in [5.41, 5.74) is 1.43. The molecule has 1 fully saturated rings. The Kier molecular flexibility index (Phi) is 5.54. The van der Waals surface area contributed by atoms with Gasteiger partial charge in [0, 0.05) is 32.4 Å². The number of amides is 1. The zero-order valence-corrected chi connectivity index (χ0v) is 15.5. The van der Waals surface area contributed by atoms with Gasteiger partial charge in [-0.15, -0.1) is 0 Å². The summed E-state index contributed by atoms with van der Waals surface area (Å²) in [6.07, 6.45) is 1.49. The smallest absolute Gasteiger partial charge is 0.256 e. The summed E-state index contributed by atoms with van der Waals surface area (Å²) >= 11 is 0. The molecule has 2 heterocycles. The highest BCUT2D eigenvalue weighted by atomic mass is 16.5. The minimum atomic E-state index is -0.169. The highest BCUT2D eigenvalue weighted by Gasteiger charge is 2.37. The fraction of sp³-hybridized carbons (Fsp3) is 0.400. The molecule has 6 nitrogen and oxygen atoms in total. The molecule has 0 bridgehead atoms. The van der Waals surface area contributed by atoms with Crippen LogP contribution < -0.4 is 5.56 Å². The van der Waals surface area contributed by atoms with E-state index < -0.39 is 0 Å². The summed E-state index contributed by atoms with van der Waals surface area (Å²) in [5, 5.41) is 0. The number of morpholine rings is 1. The normalized spacial score (nSPS) is 20.4. The lowest BCUT2D eigenvalue weighted by Gasteiger charge is -2.42. The van der Waals surface area contributed by atoms with Gasteiger partial charge in [0.15, 0.2) is 0 Å². The van der Waals surface area contributed by atoms with Crippen LogP contribution in [0.25, 0.3) is 0 Å². The number of carbonyl (C=O) groups excluding carboxylic acids is 1. The maximum atomic E-state index is 13.2. The molecule has 1 aromatic heterocycles. The minimum absolute atomic E-state index is 0.0819. The average Bonchev–Trinajstić information content (AvgIpc) is 2.63. The topological polar surface area (TPSA) is 54.8 Å². The third-order valence-corrected chi connectivity index (χ3v) is 4.63. The highest BCUT2D eigenvalue weighted by Crippen LogP contribution is 2.31. The lowest BCUT2D eigenvalue weighted by molar-refractivity contribution is -0.0684. The molecule has 0 aliphatic carbocycles. The number of aromatic nitrogens is 1. The summed E-state index contributed by atoms with van der Waals surface area (Å²) in [5.74, 6) is -0.0819. The molecule has 3 rings (SSSR count). The Morgan fingerprint density at radius 2 is 1.92 bits per heavy atom. The molecule has 26 heavy (non-hydrogen) atoms. The van der Waals surface area contributed by atoms with E-state index >= 15 is 0 Å². The molecule has 0 radical (unpaired) electrons. The van der Waals surface area contributed by atoms with Crippen LogP contribution in [0.5, 0.6) is 0 Å². The van der Waals surface area contributed by atoms with Gasteiger partial charge in [0.1, 0.15) is 0 Å². The number of benzene rings is 1. The molecule has 1 aliphatic heterocycles. The van der Waals surface area contributed by atoms with Crippen molar-refractivity contribution >= 4 is 5.91 Å². The van der Waals surface area contributed by atoms with Crippen molar-refractivity contribution < 1.29 is 9.53 Å². The molecule has 1 aliphatic rings. The second-order valence-corrected chi connectivity index (χ2v) is 6.89. The second-order valence-electron chi connectivity index (χ2n) is 6.89.